The zero-order valence-corrected chi connectivity index (χ0v) is 8.22. The summed E-state index contributed by atoms with van der Waals surface area (Å²) in [6, 6.07) is 0. The first-order valence-corrected chi connectivity index (χ1v) is 0. The summed E-state index contributed by atoms with van der Waals surface area (Å²) in [5, 5.41) is 0. The normalized spacial score (nSPS) is 0. The molecule has 7 heavy (non-hydrogen) atoms. The molecular formula is Fe2O4Zn. The standard InChI is InChI=1S/2Fe.4O.Zn/q2*+3;4*-2;+2. The maximum absolute atomic E-state index is 0. The largest absolute Gasteiger partial charge is 3.00 e. The van der Waals surface area contributed by atoms with E-state index in [0.717, 1.165) is 0 Å². The molecule has 0 aromatic carbocycles. The molecule has 0 spiro atoms. The van der Waals surface area contributed by atoms with E-state index in [2.05, 4.69) is 0 Å². The number of hydrogen-bond donors (Lipinski definition) is 0. The van der Waals surface area contributed by atoms with Gasteiger partial charge in [0.15, 0.2) is 0 Å². The maximum Gasteiger partial charge on any atom is 3.00 e. The van der Waals surface area contributed by atoms with Crippen LogP contribution < -0.4 is 0 Å². The molecule has 4 nitrogen and oxygen atoms in total. The summed E-state index contributed by atoms with van der Waals surface area (Å²) in [6.07, 6.45) is 0. The van der Waals surface area contributed by atoms with Gasteiger partial charge in [-0.2, -0.15) is 0 Å². The smallest absolute Gasteiger partial charge is 2.00 e. The first kappa shape index (κ1) is 212. The van der Waals surface area contributed by atoms with Crippen LogP contribution in [0.5, 0.6) is 0 Å². The minimum absolute atomic E-state index is 0. The van der Waals surface area contributed by atoms with E-state index >= 15 is 0 Å². The Labute approximate surface area is 75.4 Å². The molecule has 0 heterocycles. The van der Waals surface area contributed by atoms with Crippen LogP contribution >= 0.6 is 0 Å². The van der Waals surface area contributed by atoms with Crippen molar-refractivity contribution >= 4 is 0 Å². The Kier molecular flexibility index (Phi) is 4260. The van der Waals surface area contributed by atoms with Gasteiger partial charge >= 0.3 is 53.6 Å². The molecule has 0 bridgehead atoms. The summed E-state index contributed by atoms with van der Waals surface area (Å²) < 4.78 is 0. The van der Waals surface area contributed by atoms with E-state index in [9.17, 15) is 0 Å². The van der Waals surface area contributed by atoms with Crippen molar-refractivity contribution in [2.24, 2.45) is 0 Å². The monoisotopic (exact) mass is 240 g/mol. The van der Waals surface area contributed by atoms with Crippen molar-refractivity contribution in [1.82, 2.24) is 0 Å². The van der Waals surface area contributed by atoms with Crippen LogP contribution in [-0.4, -0.2) is 0 Å². The zero-order valence-electron chi connectivity index (χ0n) is 3.05. The Morgan fingerprint density at radius 3 is 0.429 bits per heavy atom. The van der Waals surface area contributed by atoms with Gasteiger partial charge in [-0.05, 0) is 0 Å². The van der Waals surface area contributed by atoms with Gasteiger partial charge in [0.1, 0.15) is 0 Å². The van der Waals surface area contributed by atoms with Crippen molar-refractivity contribution in [2.75, 3.05) is 0 Å². The van der Waals surface area contributed by atoms with Crippen LogP contribution in [0.1, 0.15) is 0 Å². The fourth-order valence-corrected chi connectivity index (χ4v) is 0. The van der Waals surface area contributed by atoms with Crippen molar-refractivity contribution in [3.05, 3.63) is 0 Å². The molecule has 0 saturated carbocycles. The number of rotatable bonds is 0. The van der Waals surface area contributed by atoms with Crippen LogP contribution in [0.15, 0.2) is 0 Å². The van der Waals surface area contributed by atoms with Crippen LogP contribution in [0, 0.1) is 0 Å². The molecule has 7 heteroatoms. The Balaban J connectivity index is 0. The minimum atomic E-state index is 0. The third-order valence-corrected chi connectivity index (χ3v) is 0. The van der Waals surface area contributed by atoms with Gasteiger partial charge in [0.05, 0.1) is 0 Å². The first-order chi connectivity index (χ1) is 0. The summed E-state index contributed by atoms with van der Waals surface area (Å²) >= 11 is 0. The van der Waals surface area contributed by atoms with E-state index in [1.165, 1.54) is 0 Å². The molecule has 0 unspecified atom stereocenters. The molecule has 0 aliphatic carbocycles. The molecule has 0 amide bonds. The molecule has 0 aliphatic heterocycles. The first-order valence-electron chi connectivity index (χ1n) is 0. The molecule has 0 atom stereocenters. The van der Waals surface area contributed by atoms with Crippen molar-refractivity contribution in [3.63, 3.8) is 0 Å². The molecule has 0 aliphatic rings. The van der Waals surface area contributed by atoms with Gasteiger partial charge in [0.25, 0.3) is 0 Å². The Morgan fingerprint density at radius 2 is 0.429 bits per heavy atom. The van der Waals surface area contributed by atoms with Crippen molar-refractivity contribution in [3.8, 4) is 0 Å². The second-order valence-corrected chi connectivity index (χ2v) is 0. The Morgan fingerprint density at radius 1 is 0.429 bits per heavy atom. The average Bonchev–Trinajstić information content (AvgIpc) is 0. The Bertz CT molecular complexity index is 9.65. The molecule has 2 radical (unpaired) electrons. The molecule has 42 valence electrons. The van der Waals surface area contributed by atoms with Gasteiger partial charge in [-0.15, -0.1) is 0 Å². The summed E-state index contributed by atoms with van der Waals surface area (Å²) in [6.45, 7) is 0. The molecule has 0 aromatic heterocycles. The topological polar surface area (TPSA) is 114 Å². The van der Waals surface area contributed by atoms with Gasteiger partial charge in [0.2, 0.25) is 0 Å². The third-order valence-electron chi connectivity index (χ3n) is 0. The van der Waals surface area contributed by atoms with Crippen LogP contribution in [0.3, 0.4) is 0 Å². The quantitative estimate of drug-likeness (QED) is 0.509. The van der Waals surface area contributed by atoms with Gasteiger partial charge in [-0.1, -0.05) is 0 Å². The predicted octanol–water partition coefficient (Wildman–Crippen LogP) is -0.483. The van der Waals surface area contributed by atoms with Crippen LogP contribution in [0.2, 0.25) is 0 Å². The molecule has 0 N–H and O–H groups in total. The predicted molar refractivity (Wildman–Crippen MR) is 2.75 cm³/mol. The fourth-order valence-electron chi connectivity index (χ4n) is 0. The maximum atomic E-state index is 0. The third kappa shape index (κ3) is 101. The van der Waals surface area contributed by atoms with Gasteiger partial charge < -0.3 is 21.9 Å². The SMILES string of the molecule is [Fe+3].[Fe+3].[O-2].[O-2].[O-2].[O-2].[Zn+2]. The van der Waals surface area contributed by atoms with Crippen molar-refractivity contribution in [2.45, 2.75) is 0 Å². The average molecular weight is 241 g/mol. The summed E-state index contributed by atoms with van der Waals surface area (Å²) in [5.41, 5.74) is 0. The van der Waals surface area contributed by atoms with Gasteiger partial charge in [0, 0.05) is 0 Å². The van der Waals surface area contributed by atoms with Crippen molar-refractivity contribution < 1.29 is 75.5 Å². The van der Waals surface area contributed by atoms with E-state index in [4.69, 9.17) is 0 Å². The van der Waals surface area contributed by atoms with E-state index in [0.29, 0.717) is 0 Å². The molecular weight excluding hydrogens is 241 g/mol. The minimum Gasteiger partial charge on any atom is -2.00 e. The zero-order chi connectivity index (χ0) is 0. The number of hydrogen-bond acceptors (Lipinski definition) is 0. The summed E-state index contributed by atoms with van der Waals surface area (Å²) in [5.74, 6) is 0. The summed E-state index contributed by atoms with van der Waals surface area (Å²) in [7, 11) is 0. The second kappa shape index (κ2) is 141. The summed E-state index contributed by atoms with van der Waals surface area (Å²) in [4.78, 5) is 0. The van der Waals surface area contributed by atoms with Crippen LogP contribution in [0.4, 0.5) is 0 Å². The van der Waals surface area contributed by atoms with Crippen LogP contribution in [0.25, 0.3) is 0 Å². The Hall–Kier alpha value is 1.50. The van der Waals surface area contributed by atoms with E-state index in [1.54, 1.807) is 0 Å². The van der Waals surface area contributed by atoms with Gasteiger partial charge in [-0.3, -0.25) is 0 Å². The van der Waals surface area contributed by atoms with Crippen LogP contribution in [-0.2, 0) is 75.5 Å². The molecule has 0 fully saturated rings. The van der Waals surface area contributed by atoms with E-state index in [-0.39, 0.29) is 75.5 Å². The molecule has 0 rings (SSSR count). The second-order valence-electron chi connectivity index (χ2n) is 0. The van der Waals surface area contributed by atoms with E-state index in [1.807, 2.05) is 0 Å². The van der Waals surface area contributed by atoms with Gasteiger partial charge in [-0.25, -0.2) is 0 Å². The molecule has 0 aromatic rings. The van der Waals surface area contributed by atoms with E-state index < -0.39 is 0 Å². The van der Waals surface area contributed by atoms with Crippen molar-refractivity contribution in [1.29, 1.82) is 0 Å². The molecule has 0 saturated heterocycles. The fraction of sp³-hybridized carbons (Fsp3) is 0.